The third-order valence-corrected chi connectivity index (χ3v) is 6.52. The van der Waals surface area contributed by atoms with Crippen LogP contribution in [0.15, 0.2) is 47.3 Å². The first-order chi connectivity index (χ1) is 14.5. The third-order valence-electron chi connectivity index (χ3n) is 6.52. The van der Waals surface area contributed by atoms with Crippen LogP contribution in [0, 0.1) is 0 Å². The highest BCUT2D eigenvalue weighted by Gasteiger charge is 2.42. The average molecular weight is 408 g/mol. The molecule has 4 rings (SSSR count). The Balaban J connectivity index is 1.98. The zero-order chi connectivity index (χ0) is 21.4. The van der Waals surface area contributed by atoms with E-state index < -0.39 is 0 Å². The summed E-state index contributed by atoms with van der Waals surface area (Å²) in [5.41, 5.74) is 5.58. The summed E-state index contributed by atoms with van der Waals surface area (Å²) in [7, 11) is 5.24. The molecule has 2 aliphatic carbocycles. The molecule has 0 saturated heterocycles. The second-order valence-electron chi connectivity index (χ2n) is 8.17. The van der Waals surface area contributed by atoms with E-state index in [4.69, 9.17) is 9.47 Å². The molecular weight excluding hydrogens is 378 g/mol. The van der Waals surface area contributed by atoms with Gasteiger partial charge in [0.05, 0.1) is 14.2 Å². The molecule has 1 aromatic rings. The van der Waals surface area contributed by atoms with Crippen molar-refractivity contribution in [2.24, 2.45) is 0 Å². The van der Waals surface area contributed by atoms with Gasteiger partial charge in [-0.05, 0) is 43.7 Å². The number of carbonyl (C=O) groups excluding carboxylic acids is 2. The summed E-state index contributed by atoms with van der Waals surface area (Å²) in [6.07, 6.45) is 6.96. The first-order valence-corrected chi connectivity index (χ1v) is 10.6. The maximum atomic E-state index is 13.1. The number of ketones is 2. The summed E-state index contributed by atoms with van der Waals surface area (Å²) in [4.78, 5) is 28.4. The van der Waals surface area contributed by atoms with Crippen LogP contribution in [-0.2, 0) is 16.0 Å². The van der Waals surface area contributed by atoms with Crippen molar-refractivity contribution in [2.75, 3.05) is 21.3 Å². The largest absolute Gasteiger partial charge is 0.493 e. The van der Waals surface area contributed by atoms with Crippen molar-refractivity contribution in [1.29, 1.82) is 0 Å². The van der Waals surface area contributed by atoms with Gasteiger partial charge < -0.3 is 14.4 Å². The highest BCUT2D eigenvalue weighted by molar-refractivity contribution is 6.06. The van der Waals surface area contributed by atoms with Gasteiger partial charge in [-0.15, -0.1) is 6.58 Å². The molecule has 1 heterocycles. The minimum Gasteiger partial charge on any atom is -0.493 e. The minimum atomic E-state index is -0.338. The summed E-state index contributed by atoms with van der Waals surface area (Å²) in [6.45, 7) is 3.86. The number of rotatable bonds is 5. The van der Waals surface area contributed by atoms with Crippen molar-refractivity contribution in [2.45, 2.75) is 50.9 Å². The van der Waals surface area contributed by atoms with Crippen LogP contribution in [0.4, 0.5) is 0 Å². The summed E-state index contributed by atoms with van der Waals surface area (Å²) >= 11 is 0. The van der Waals surface area contributed by atoms with Gasteiger partial charge in [0.15, 0.2) is 23.1 Å². The molecule has 158 valence electrons. The predicted octanol–water partition coefficient (Wildman–Crippen LogP) is 4.48. The first kappa shape index (κ1) is 20.5. The van der Waals surface area contributed by atoms with Crippen LogP contribution in [-0.4, -0.2) is 37.7 Å². The van der Waals surface area contributed by atoms with E-state index in [1.807, 2.05) is 19.2 Å². The number of ether oxygens (including phenoxy) is 2. The monoisotopic (exact) mass is 407 g/mol. The lowest BCUT2D eigenvalue weighted by molar-refractivity contribution is -0.117. The lowest BCUT2D eigenvalue weighted by atomic mass is 9.71. The van der Waals surface area contributed by atoms with E-state index in [1.54, 1.807) is 14.2 Å². The molecule has 5 heteroatoms. The second kappa shape index (κ2) is 8.13. The number of hydrogen-bond donors (Lipinski definition) is 0. The molecule has 30 heavy (non-hydrogen) atoms. The number of allylic oxidation sites excluding steroid dienone is 5. The molecule has 5 nitrogen and oxygen atoms in total. The quantitative estimate of drug-likeness (QED) is 0.674. The van der Waals surface area contributed by atoms with E-state index in [0.717, 1.165) is 59.4 Å². The molecular formula is C25H29NO4. The summed E-state index contributed by atoms with van der Waals surface area (Å²) in [5.74, 6) is 1.25. The van der Waals surface area contributed by atoms with Gasteiger partial charge in [0.1, 0.15) is 0 Å². The average Bonchev–Trinajstić information content (AvgIpc) is 2.75. The molecule has 0 unspecified atom stereocenters. The third kappa shape index (κ3) is 3.17. The van der Waals surface area contributed by atoms with Crippen molar-refractivity contribution in [3.05, 3.63) is 58.5 Å². The second-order valence-corrected chi connectivity index (χ2v) is 8.17. The van der Waals surface area contributed by atoms with Gasteiger partial charge in [-0.2, -0.15) is 0 Å². The van der Waals surface area contributed by atoms with Gasteiger partial charge in [0.2, 0.25) is 0 Å². The van der Waals surface area contributed by atoms with Gasteiger partial charge in [-0.25, -0.2) is 0 Å². The van der Waals surface area contributed by atoms with Gasteiger partial charge in [0.25, 0.3) is 0 Å². The molecule has 0 amide bonds. The van der Waals surface area contributed by atoms with Gasteiger partial charge in [-0.1, -0.05) is 12.1 Å². The Morgan fingerprint density at radius 1 is 1.00 bits per heavy atom. The van der Waals surface area contributed by atoms with E-state index in [-0.39, 0.29) is 17.5 Å². The maximum Gasteiger partial charge on any atom is 0.164 e. The predicted molar refractivity (Wildman–Crippen MR) is 116 cm³/mol. The summed E-state index contributed by atoms with van der Waals surface area (Å²) in [6, 6.07) is 3.98. The van der Waals surface area contributed by atoms with Crippen molar-refractivity contribution in [3.8, 4) is 11.5 Å². The smallest absolute Gasteiger partial charge is 0.164 e. The molecule has 0 bridgehead atoms. The van der Waals surface area contributed by atoms with Crippen molar-refractivity contribution in [1.82, 2.24) is 4.90 Å². The van der Waals surface area contributed by atoms with E-state index in [0.29, 0.717) is 30.8 Å². The first-order valence-electron chi connectivity index (χ1n) is 10.6. The summed E-state index contributed by atoms with van der Waals surface area (Å²) < 4.78 is 11.2. The lowest BCUT2D eigenvalue weighted by Crippen LogP contribution is -2.37. The standard InChI is InChI=1S/C25H29NO4/c1-5-8-15-13-16(14-21(29-3)25(15)30-4)22-23-17(9-6-11-19(23)27)26(2)18-10-7-12-20(28)24(18)22/h5,13-14,22H,1,6-12H2,2-4H3. The Morgan fingerprint density at radius 2 is 1.60 bits per heavy atom. The number of benzene rings is 1. The van der Waals surface area contributed by atoms with Crippen molar-refractivity contribution < 1.29 is 19.1 Å². The number of carbonyl (C=O) groups is 2. The SMILES string of the molecule is C=CCc1cc(C2C3=C(CCCC3=O)N(C)C3=C2C(=O)CCC3)cc(OC)c1OC. The molecule has 0 saturated carbocycles. The molecule has 1 aliphatic heterocycles. The van der Waals surface area contributed by atoms with Crippen LogP contribution in [0.1, 0.15) is 55.6 Å². The fraction of sp³-hybridized carbons (Fsp3) is 0.440. The van der Waals surface area contributed by atoms with Crippen molar-refractivity contribution >= 4 is 11.6 Å². The molecule has 0 atom stereocenters. The Bertz CT molecular complexity index is 941. The van der Waals surface area contributed by atoms with Crippen LogP contribution >= 0.6 is 0 Å². The molecule has 0 aromatic heterocycles. The molecule has 0 fully saturated rings. The molecule has 3 aliphatic rings. The zero-order valence-corrected chi connectivity index (χ0v) is 18.0. The number of hydrogen-bond acceptors (Lipinski definition) is 5. The highest BCUT2D eigenvalue weighted by atomic mass is 16.5. The van der Waals surface area contributed by atoms with E-state index in [1.165, 1.54) is 0 Å². The minimum absolute atomic E-state index is 0.151. The highest BCUT2D eigenvalue weighted by Crippen LogP contribution is 2.50. The Kier molecular flexibility index (Phi) is 5.54. The summed E-state index contributed by atoms with van der Waals surface area (Å²) in [5, 5.41) is 0. The topological polar surface area (TPSA) is 55.8 Å². The maximum absolute atomic E-state index is 13.1. The Hall–Kier alpha value is -2.82. The van der Waals surface area contributed by atoms with E-state index >= 15 is 0 Å². The molecule has 0 radical (unpaired) electrons. The lowest BCUT2D eigenvalue weighted by Gasteiger charge is -2.42. The Labute approximate surface area is 178 Å². The molecule has 0 N–H and O–H groups in total. The van der Waals surface area contributed by atoms with Crippen LogP contribution in [0.3, 0.4) is 0 Å². The number of methoxy groups -OCH3 is 2. The number of nitrogens with zero attached hydrogens (tertiary/aromatic N) is 1. The molecule has 0 spiro atoms. The normalized spacial score (nSPS) is 19.6. The zero-order valence-electron chi connectivity index (χ0n) is 18.0. The van der Waals surface area contributed by atoms with Gasteiger partial charge in [0, 0.05) is 53.9 Å². The van der Waals surface area contributed by atoms with Crippen LogP contribution in [0.2, 0.25) is 0 Å². The van der Waals surface area contributed by atoms with Gasteiger partial charge in [-0.3, -0.25) is 9.59 Å². The van der Waals surface area contributed by atoms with Gasteiger partial charge >= 0.3 is 0 Å². The van der Waals surface area contributed by atoms with E-state index in [2.05, 4.69) is 17.5 Å². The van der Waals surface area contributed by atoms with E-state index in [9.17, 15) is 9.59 Å². The fourth-order valence-corrected chi connectivity index (χ4v) is 5.23. The van der Waals surface area contributed by atoms with Crippen LogP contribution in [0.25, 0.3) is 0 Å². The number of Topliss-reactive ketones (excluding diaryl/α,β-unsaturated/α-hetero) is 2. The van der Waals surface area contributed by atoms with Crippen LogP contribution in [0.5, 0.6) is 11.5 Å². The van der Waals surface area contributed by atoms with Crippen molar-refractivity contribution in [3.63, 3.8) is 0 Å². The fourth-order valence-electron chi connectivity index (χ4n) is 5.23. The van der Waals surface area contributed by atoms with Crippen LogP contribution < -0.4 is 9.47 Å². The Morgan fingerprint density at radius 3 is 2.10 bits per heavy atom. The molecule has 1 aromatic carbocycles.